The highest BCUT2D eigenvalue weighted by molar-refractivity contribution is 7.93. The Morgan fingerprint density at radius 2 is 1.91 bits per heavy atom. The number of rotatable bonds is 5. The molecule has 0 unspecified atom stereocenters. The van der Waals surface area contributed by atoms with Crippen LogP contribution in [0, 0.1) is 5.92 Å². The van der Waals surface area contributed by atoms with E-state index >= 15 is 0 Å². The van der Waals surface area contributed by atoms with E-state index in [1.807, 2.05) is 6.26 Å². The summed E-state index contributed by atoms with van der Waals surface area (Å²) < 4.78 is 5.50. The van der Waals surface area contributed by atoms with Gasteiger partial charge in [-0.2, -0.15) is 0 Å². The average Bonchev–Trinajstić information content (AvgIpc) is 1.84. The summed E-state index contributed by atoms with van der Waals surface area (Å²) in [7, 11) is 0. The standard InChI is InChI=1S/C9H20OS/c1-8(2)6-7-9(3,4)10-11-5/h8H,6-7H2,1-5H3. The molecule has 68 valence electrons. The molecule has 0 aromatic carbocycles. The van der Waals surface area contributed by atoms with Gasteiger partial charge in [0, 0.05) is 6.26 Å². The second-order valence-corrected chi connectivity index (χ2v) is 4.44. The maximum atomic E-state index is 5.50. The summed E-state index contributed by atoms with van der Waals surface area (Å²) in [5.74, 6) is 0.778. The lowest BCUT2D eigenvalue weighted by Crippen LogP contribution is -2.21. The van der Waals surface area contributed by atoms with Gasteiger partial charge >= 0.3 is 0 Å². The smallest absolute Gasteiger partial charge is 0.0773 e. The van der Waals surface area contributed by atoms with Crippen molar-refractivity contribution in [1.29, 1.82) is 0 Å². The molecule has 0 heterocycles. The van der Waals surface area contributed by atoms with E-state index in [0.717, 1.165) is 12.3 Å². The second kappa shape index (κ2) is 5.04. The zero-order valence-corrected chi connectivity index (χ0v) is 9.12. The van der Waals surface area contributed by atoms with Crippen molar-refractivity contribution in [2.45, 2.75) is 46.1 Å². The van der Waals surface area contributed by atoms with Crippen LogP contribution in [0.25, 0.3) is 0 Å². The van der Waals surface area contributed by atoms with Gasteiger partial charge in [-0.1, -0.05) is 13.8 Å². The van der Waals surface area contributed by atoms with Gasteiger partial charge in [0.25, 0.3) is 0 Å². The Bertz CT molecular complexity index is 99.7. The monoisotopic (exact) mass is 176 g/mol. The minimum Gasteiger partial charge on any atom is -0.310 e. The van der Waals surface area contributed by atoms with E-state index < -0.39 is 0 Å². The molecule has 0 amide bonds. The highest BCUT2D eigenvalue weighted by Crippen LogP contribution is 2.23. The van der Waals surface area contributed by atoms with Crippen molar-refractivity contribution >= 4 is 12.0 Å². The lowest BCUT2D eigenvalue weighted by Gasteiger charge is -2.23. The van der Waals surface area contributed by atoms with Crippen LogP contribution in [0.15, 0.2) is 0 Å². The van der Waals surface area contributed by atoms with E-state index in [9.17, 15) is 0 Å². The molecule has 0 fully saturated rings. The molecule has 0 bridgehead atoms. The molecule has 0 aliphatic rings. The van der Waals surface area contributed by atoms with Crippen LogP contribution in [0.3, 0.4) is 0 Å². The van der Waals surface area contributed by atoms with Crippen molar-refractivity contribution in [3.05, 3.63) is 0 Å². The fraction of sp³-hybridized carbons (Fsp3) is 1.00. The number of hydrogen-bond acceptors (Lipinski definition) is 2. The summed E-state index contributed by atoms with van der Waals surface area (Å²) in [6.07, 6.45) is 4.36. The van der Waals surface area contributed by atoms with Crippen LogP contribution < -0.4 is 0 Å². The van der Waals surface area contributed by atoms with Crippen LogP contribution in [-0.2, 0) is 4.18 Å². The van der Waals surface area contributed by atoms with Gasteiger partial charge in [-0.05, 0) is 44.6 Å². The number of hydrogen-bond donors (Lipinski definition) is 0. The largest absolute Gasteiger partial charge is 0.310 e. The Morgan fingerprint density at radius 1 is 1.36 bits per heavy atom. The lowest BCUT2D eigenvalue weighted by molar-refractivity contribution is 0.122. The summed E-state index contributed by atoms with van der Waals surface area (Å²) in [5.41, 5.74) is 0.0453. The molecular formula is C9H20OS. The van der Waals surface area contributed by atoms with Gasteiger partial charge in [0.2, 0.25) is 0 Å². The normalized spacial score (nSPS) is 12.5. The Labute approximate surface area is 75.1 Å². The SMILES string of the molecule is CSOC(C)(C)CCC(C)C. The third-order valence-electron chi connectivity index (χ3n) is 1.63. The molecule has 0 aromatic rings. The first-order valence-electron chi connectivity index (χ1n) is 4.20. The summed E-state index contributed by atoms with van der Waals surface area (Å²) in [6.45, 7) is 8.78. The predicted octanol–water partition coefficient (Wildman–Crippen LogP) is 3.50. The van der Waals surface area contributed by atoms with Crippen LogP contribution in [-0.4, -0.2) is 11.9 Å². The third kappa shape index (κ3) is 6.70. The molecule has 11 heavy (non-hydrogen) atoms. The van der Waals surface area contributed by atoms with Gasteiger partial charge in [-0.15, -0.1) is 0 Å². The highest BCUT2D eigenvalue weighted by Gasteiger charge is 2.18. The average molecular weight is 176 g/mol. The molecule has 0 aliphatic heterocycles. The molecule has 0 aliphatic carbocycles. The lowest BCUT2D eigenvalue weighted by atomic mass is 9.97. The van der Waals surface area contributed by atoms with E-state index in [0.29, 0.717) is 0 Å². The van der Waals surface area contributed by atoms with Crippen molar-refractivity contribution in [3.8, 4) is 0 Å². The van der Waals surface area contributed by atoms with Crippen LogP contribution in [0.5, 0.6) is 0 Å². The predicted molar refractivity (Wildman–Crippen MR) is 52.8 cm³/mol. The van der Waals surface area contributed by atoms with Gasteiger partial charge in [0.05, 0.1) is 5.60 Å². The summed E-state index contributed by atoms with van der Waals surface area (Å²) in [5, 5.41) is 0. The molecular weight excluding hydrogens is 156 g/mol. The first-order valence-corrected chi connectivity index (χ1v) is 5.35. The summed E-state index contributed by atoms with van der Waals surface area (Å²) in [6, 6.07) is 0. The van der Waals surface area contributed by atoms with Crippen LogP contribution >= 0.6 is 12.0 Å². The molecule has 0 saturated heterocycles. The molecule has 2 heteroatoms. The van der Waals surface area contributed by atoms with Crippen LogP contribution in [0.2, 0.25) is 0 Å². The van der Waals surface area contributed by atoms with Crippen molar-refractivity contribution in [3.63, 3.8) is 0 Å². The van der Waals surface area contributed by atoms with E-state index in [1.54, 1.807) is 0 Å². The van der Waals surface area contributed by atoms with Crippen LogP contribution in [0.1, 0.15) is 40.5 Å². The molecule has 0 saturated carbocycles. The first kappa shape index (κ1) is 11.3. The van der Waals surface area contributed by atoms with Gasteiger partial charge in [0.1, 0.15) is 0 Å². The fourth-order valence-electron chi connectivity index (χ4n) is 0.904. The van der Waals surface area contributed by atoms with Gasteiger partial charge < -0.3 is 4.18 Å². The molecule has 0 spiro atoms. The Morgan fingerprint density at radius 3 is 2.27 bits per heavy atom. The van der Waals surface area contributed by atoms with Gasteiger partial charge in [0.15, 0.2) is 0 Å². The minimum absolute atomic E-state index is 0.0453. The van der Waals surface area contributed by atoms with Gasteiger partial charge in [-0.3, -0.25) is 0 Å². The molecule has 1 nitrogen and oxygen atoms in total. The van der Waals surface area contributed by atoms with Crippen molar-refractivity contribution in [2.24, 2.45) is 5.92 Å². The van der Waals surface area contributed by atoms with Crippen molar-refractivity contribution in [2.75, 3.05) is 6.26 Å². The zero-order valence-electron chi connectivity index (χ0n) is 8.31. The van der Waals surface area contributed by atoms with E-state index in [-0.39, 0.29) is 5.60 Å². The quantitative estimate of drug-likeness (QED) is 0.593. The van der Waals surface area contributed by atoms with Crippen LogP contribution in [0.4, 0.5) is 0 Å². The molecule has 0 atom stereocenters. The first-order chi connectivity index (χ1) is 4.98. The third-order valence-corrected chi connectivity index (χ3v) is 2.25. The van der Waals surface area contributed by atoms with Gasteiger partial charge in [-0.25, -0.2) is 0 Å². The Balaban J connectivity index is 3.54. The van der Waals surface area contributed by atoms with Crippen molar-refractivity contribution in [1.82, 2.24) is 0 Å². The second-order valence-electron chi connectivity index (χ2n) is 3.94. The zero-order chi connectivity index (χ0) is 8.91. The topological polar surface area (TPSA) is 9.23 Å². The maximum absolute atomic E-state index is 5.50. The molecule has 0 radical (unpaired) electrons. The van der Waals surface area contributed by atoms with E-state index in [1.165, 1.54) is 18.5 Å². The molecule has 0 aromatic heterocycles. The molecule has 0 N–H and O–H groups in total. The van der Waals surface area contributed by atoms with E-state index in [2.05, 4.69) is 27.7 Å². The summed E-state index contributed by atoms with van der Waals surface area (Å²) >= 11 is 1.46. The molecule has 0 rings (SSSR count). The summed E-state index contributed by atoms with van der Waals surface area (Å²) in [4.78, 5) is 0. The fourth-order valence-corrected chi connectivity index (χ4v) is 1.44. The van der Waals surface area contributed by atoms with Crippen molar-refractivity contribution < 1.29 is 4.18 Å². The maximum Gasteiger partial charge on any atom is 0.0773 e. The Hall–Kier alpha value is 0.310. The Kier molecular flexibility index (Phi) is 5.19. The van der Waals surface area contributed by atoms with E-state index in [4.69, 9.17) is 4.18 Å². The highest BCUT2D eigenvalue weighted by atomic mass is 32.2. The minimum atomic E-state index is 0.0453.